The summed E-state index contributed by atoms with van der Waals surface area (Å²) in [5.41, 5.74) is 4.39. The molecule has 1 unspecified atom stereocenters. The van der Waals surface area contributed by atoms with Gasteiger partial charge in [0.05, 0.1) is 28.8 Å². The smallest absolute Gasteiger partial charge is 0.253 e. The maximum Gasteiger partial charge on any atom is 0.253 e. The molecule has 0 radical (unpaired) electrons. The minimum atomic E-state index is -0.845. The zero-order valence-corrected chi connectivity index (χ0v) is 15.2. The zero-order valence-electron chi connectivity index (χ0n) is 15.2. The van der Waals surface area contributed by atoms with Crippen molar-refractivity contribution in [2.75, 3.05) is 14.1 Å². The van der Waals surface area contributed by atoms with Gasteiger partial charge in [-0.3, -0.25) is 4.79 Å². The van der Waals surface area contributed by atoms with Crippen molar-refractivity contribution in [1.82, 2.24) is 14.9 Å². The largest absolute Gasteiger partial charge is 0.389 e. The molecule has 2 aromatic carbocycles. The van der Waals surface area contributed by atoms with E-state index in [9.17, 15) is 15.2 Å². The first-order valence-electron chi connectivity index (χ1n) is 8.26. The highest BCUT2D eigenvalue weighted by Crippen LogP contribution is 2.34. The van der Waals surface area contributed by atoms with Crippen molar-refractivity contribution >= 4 is 16.9 Å². The van der Waals surface area contributed by atoms with Gasteiger partial charge in [-0.05, 0) is 49.2 Å². The second-order valence-corrected chi connectivity index (χ2v) is 6.53. The summed E-state index contributed by atoms with van der Waals surface area (Å²) >= 11 is 0. The Morgan fingerprint density at radius 3 is 2.65 bits per heavy atom. The van der Waals surface area contributed by atoms with Crippen LogP contribution in [-0.2, 0) is 0 Å². The summed E-state index contributed by atoms with van der Waals surface area (Å²) in [6.07, 6.45) is -0.845. The quantitative estimate of drug-likeness (QED) is 0.760. The lowest BCUT2D eigenvalue weighted by molar-refractivity contribution is 0.0827. The molecule has 0 saturated carbocycles. The third-order valence-electron chi connectivity index (χ3n) is 4.28. The van der Waals surface area contributed by atoms with Crippen molar-refractivity contribution in [3.8, 4) is 17.2 Å². The van der Waals surface area contributed by atoms with E-state index in [0.29, 0.717) is 22.3 Å². The van der Waals surface area contributed by atoms with Gasteiger partial charge in [0, 0.05) is 25.2 Å². The highest BCUT2D eigenvalue weighted by Gasteiger charge is 2.20. The third-order valence-corrected chi connectivity index (χ3v) is 4.28. The van der Waals surface area contributed by atoms with Gasteiger partial charge in [-0.15, -0.1) is 0 Å². The van der Waals surface area contributed by atoms with Gasteiger partial charge >= 0.3 is 0 Å². The molecular weight excluding hydrogens is 328 g/mol. The van der Waals surface area contributed by atoms with Crippen molar-refractivity contribution in [2.45, 2.75) is 20.0 Å². The Hall–Kier alpha value is -3.17. The summed E-state index contributed by atoms with van der Waals surface area (Å²) in [6.45, 7) is 3.50. The fourth-order valence-electron chi connectivity index (χ4n) is 3.12. The summed E-state index contributed by atoms with van der Waals surface area (Å²) in [6, 6.07) is 11.1. The Labute approximate surface area is 151 Å². The molecule has 0 saturated heterocycles. The molecule has 6 nitrogen and oxygen atoms in total. The summed E-state index contributed by atoms with van der Waals surface area (Å²) in [5.74, 6) is 0.612. The van der Waals surface area contributed by atoms with E-state index in [0.717, 1.165) is 22.4 Å². The van der Waals surface area contributed by atoms with Gasteiger partial charge in [-0.2, -0.15) is 5.26 Å². The fourth-order valence-corrected chi connectivity index (χ4v) is 3.12. The maximum absolute atomic E-state index is 12.4. The van der Waals surface area contributed by atoms with Crippen LogP contribution in [0.5, 0.6) is 0 Å². The summed E-state index contributed by atoms with van der Waals surface area (Å²) in [5, 5.41) is 19.8. The molecule has 2 N–H and O–H groups in total. The number of nitrogens with one attached hydrogen (secondary N) is 1. The van der Waals surface area contributed by atoms with Crippen LogP contribution >= 0.6 is 0 Å². The summed E-state index contributed by atoms with van der Waals surface area (Å²) in [4.78, 5) is 21.5. The molecule has 0 aliphatic carbocycles. The van der Waals surface area contributed by atoms with Crippen molar-refractivity contribution in [1.29, 1.82) is 5.26 Å². The molecule has 0 aliphatic rings. The number of rotatable bonds is 3. The number of aliphatic hydroxyl groups is 1. The topological polar surface area (TPSA) is 93.0 Å². The maximum atomic E-state index is 12.4. The first-order chi connectivity index (χ1) is 12.3. The van der Waals surface area contributed by atoms with Gasteiger partial charge in [0.2, 0.25) is 0 Å². The van der Waals surface area contributed by atoms with Gasteiger partial charge in [-0.25, -0.2) is 4.98 Å². The predicted molar refractivity (Wildman–Crippen MR) is 99.6 cm³/mol. The van der Waals surface area contributed by atoms with Crippen LogP contribution in [-0.4, -0.2) is 40.0 Å². The SMILES string of the molecule is Cc1nc2ccc(-c3cc(C(=O)N(C)C)cc(C#N)c3C(C)O)cc2[nH]1. The van der Waals surface area contributed by atoms with Crippen LogP contribution in [0.15, 0.2) is 30.3 Å². The van der Waals surface area contributed by atoms with Crippen molar-refractivity contribution < 1.29 is 9.90 Å². The lowest BCUT2D eigenvalue weighted by atomic mass is 9.90. The third kappa shape index (κ3) is 3.05. The second-order valence-electron chi connectivity index (χ2n) is 6.53. The van der Waals surface area contributed by atoms with E-state index in [1.54, 1.807) is 27.1 Å². The number of H-pyrrole nitrogens is 1. The molecule has 1 aromatic heterocycles. The second kappa shape index (κ2) is 6.62. The molecule has 26 heavy (non-hydrogen) atoms. The molecule has 1 amide bonds. The molecule has 1 heterocycles. The van der Waals surface area contributed by atoms with E-state index >= 15 is 0 Å². The molecule has 0 bridgehead atoms. The van der Waals surface area contributed by atoms with E-state index in [-0.39, 0.29) is 5.91 Å². The lowest BCUT2D eigenvalue weighted by Gasteiger charge is -2.18. The molecule has 6 heteroatoms. The van der Waals surface area contributed by atoms with Crippen LogP contribution in [0.4, 0.5) is 0 Å². The normalized spacial score (nSPS) is 12.0. The molecule has 0 spiro atoms. The van der Waals surface area contributed by atoms with Crippen LogP contribution in [0, 0.1) is 18.3 Å². The van der Waals surface area contributed by atoms with Gasteiger partial charge in [0.15, 0.2) is 0 Å². The molecular formula is C20H20N4O2. The molecule has 132 valence electrons. The average molecular weight is 348 g/mol. The number of amides is 1. The van der Waals surface area contributed by atoms with E-state index < -0.39 is 6.10 Å². The Kier molecular flexibility index (Phi) is 4.49. The summed E-state index contributed by atoms with van der Waals surface area (Å²) in [7, 11) is 3.33. The van der Waals surface area contributed by atoms with Crippen LogP contribution in [0.25, 0.3) is 22.2 Å². The summed E-state index contributed by atoms with van der Waals surface area (Å²) < 4.78 is 0. The first kappa shape index (κ1) is 17.6. The number of aromatic nitrogens is 2. The number of hydrogen-bond donors (Lipinski definition) is 2. The number of aliphatic hydroxyl groups excluding tert-OH is 1. The number of nitriles is 1. The van der Waals surface area contributed by atoms with E-state index in [4.69, 9.17) is 0 Å². The zero-order chi connectivity index (χ0) is 19.0. The van der Waals surface area contributed by atoms with Crippen LogP contribution in [0.3, 0.4) is 0 Å². The van der Waals surface area contributed by atoms with Gasteiger partial charge in [-0.1, -0.05) is 6.07 Å². The average Bonchev–Trinajstić information content (AvgIpc) is 2.98. The van der Waals surface area contributed by atoms with E-state index in [1.165, 1.54) is 11.0 Å². The number of benzene rings is 2. The van der Waals surface area contributed by atoms with Crippen LogP contribution in [0.2, 0.25) is 0 Å². The van der Waals surface area contributed by atoms with Gasteiger partial charge in [0.1, 0.15) is 5.82 Å². The Bertz CT molecular complexity index is 1040. The number of fused-ring (bicyclic) bond motifs is 1. The van der Waals surface area contributed by atoms with Gasteiger partial charge < -0.3 is 15.0 Å². The number of carbonyl (C=O) groups is 1. The number of hydrogen-bond acceptors (Lipinski definition) is 4. The number of carbonyl (C=O) groups excluding carboxylic acids is 1. The Balaban J connectivity index is 2.30. The number of imidazole rings is 1. The standard InChI is InChI=1S/C20H20N4O2/c1-11(25)19-15(10-21)7-14(20(26)24(3)4)8-16(19)13-5-6-17-18(9-13)23-12(2)22-17/h5-9,11,25H,1-4H3,(H,22,23). The number of aromatic amines is 1. The molecule has 3 aromatic rings. The van der Waals surface area contributed by atoms with Crippen molar-refractivity contribution in [3.05, 3.63) is 52.8 Å². The number of aryl methyl sites for hydroxylation is 1. The molecule has 0 fully saturated rings. The van der Waals surface area contributed by atoms with Crippen LogP contribution < -0.4 is 0 Å². The molecule has 1 atom stereocenters. The van der Waals surface area contributed by atoms with Gasteiger partial charge in [0.25, 0.3) is 5.91 Å². The Morgan fingerprint density at radius 1 is 1.31 bits per heavy atom. The number of nitrogens with zero attached hydrogens (tertiary/aromatic N) is 3. The van der Waals surface area contributed by atoms with E-state index in [2.05, 4.69) is 16.0 Å². The molecule has 0 aliphatic heterocycles. The fraction of sp³-hybridized carbons (Fsp3) is 0.250. The highest BCUT2D eigenvalue weighted by atomic mass is 16.3. The predicted octanol–water partition coefficient (Wildman–Crippen LogP) is 3.17. The highest BCUT2D eigenvalue weighted by molar-refractivity contribution is 5.96. The monoisotopic (exact) mass is 348 g/mol. The van der Waals surface area contributed by atoms with Crippen LogP contribution in [0.1, 0.15) is 40.3 Å². The van der Waals surface area contributed by atoms with E-state index in [1.807, 2.05) is 25.1 Å². The Morgan fingerprint density at radius 2 is 2.04 bits per heavy atom. The van der Waals surface area contributed by atoms with Crippen molar-refractivity contribution in [3.63, 3.8) is 0 Å². The lowest BCUT2D eigenvalue weighted by Crippen LogP contribution is -2.22. The minimum absolute atomic E-state index is 0.196. The molecule has 3 rings (SSSR count). The first-order valence-corrected chi connectivity index (χ1v) is 8.26. The van der Waals surface area contributed by atoms with Crippen molar-refractivity contribution in [2.24, 2.45) is 0 Å². The minimum Gasteiger partial charge on any atom is -0.389 e.